The average Bonchev–Trinajstić information content (AvgIpc) is 2.74. The molecular formula is C17H20N4O2. The number of nitrogens with two attached hydrogens (primary N) is 1. The summed E-state index contributed by atoms with van der Waals surface area (Å²) >= 11 is 0. The molecule has 6 heteroatoms. The van der Waals surface area contributed by atoms with Gasteiger partial charge < -0.3 is 10.5 Å². The van der Waals surface area contributed by atoms with Crippen LogP contribution in [0.2, 0.25) is 0 Å². The molecule has 0 radical (unpaired) electrons. The zero-order valence-electron chi connectivity index (χ0n) is 13.8. The number of aryl methyl sites for hydroxylation is 2. The molecule has 0 amide bonds. The smallest absolute Gasteiger partial charge is 0.205 e. The number of ether oxygens (including phenoxy) is 1. The molecule has 1 aliphatic carbocycles. The number of carbonyl (C=O) groups is 1. The summed E-state index contributed by atoms with van der Waals surface area (Å²) in [6, 6.07) is 2.11. The van der Waals surface area contributed by atoms with Gasteiger partial charge in [-0.15, -0.1) is 0 Å². The maximum Gasteiger partial charge on any atom is 0.205 e. The van der Waals surface area contributed by atoms with Gasteiger partial charge >= 0.3 is 0 Å². The van der Waals surface area contributed by atoms with Crippen molar-refractivity contribution in [2.75, 3.05) is 0 Å². The molecule has 23 heavy (non-hydrogen) atoms. The molecule has 0 bridgehead atoms. The maximum absolute atomic E-state index is 12.8. The molecule has 3 rings (SSSR count). The molecular weight excluding hydrogens is 292 g/mol. The van der Waals surface area contributed by atoms with E-state index in [0.29, 0.717) is 29.9 Å². The number of Topliss-reactive ketones (excluding diaryl/α,β-unsaturated/α-hetero) is 1. The lowest BCUT2D eigenvalue weighted by Gasteiger charge is -2.36. The normalized spacial score (nSPS) is 23.4. The molecule has 1 atom stereocenters. The van der Waals surface area contributed by atoms with Crippen LogP contribution in [0.1, 0.15) is 43.9 Å². The van der Waals surface area contributed by atoms with Crippen LogP contribution in [0.25, 0.3) is 0 Å². The Labute approximate surface area is 135 Å². The summed E-state index contributed by atoms with van der Waals surface area (Å²) in [5.41, 5.74) is 8.21. The number of aromatic nitrogens is 2. The summed E-state index contributed by atoms with van der Waals surface area (Å²) < 4.78 is 7.34. The van der Waals surface area contributed by atoms with Crippen LogP contribution in [0.3, 0.4) is 0 Å². The van der Waals surface area contributed by atoms with E-state index in [1.54, 1.807) is 4.68 Å². The Morgan fingerprint density at radius 2 is 2.17 bits per heavy atom. The number of hydrogen-bond donors (Lipinski definition) is 1. The van der Waals surface area contributed by atoms with Crippen LogP contribution >= 0.6 is 0 Å². The van der Waals surface area contributed by atoms with Crippen LogP contribution in [0.15, 0.2) is 29.0 Å². The first-order chi connectivity index (χ1) is 10.7. The van der Waals surface area contributed by atoms with Crippen LogP contribution < -0.4 is 5.73 Å². The van der Waals surface area contributed by atoms with Crippen LogP contribution in [-0.4, -0.2) is 15.6 Å². The fourth-order valence-corrected chi connectivity index (χ4v) is 3.47. The molecule has 2 heterocycles. The second-order valence-corrected chi connectivity index (χ2v) is 7.07. The first-order valence-electron chi connectivity index (χ1n) is 7.57. The third-order valence-corrected chi connectivity index (χ3v) is 4.40. The number of rotatable bonds is 1. The zero-order valence-corrected chi connectivity index (χ0v) is 13.8. The van der Waals surface area contributed by atoms with Crippen molar-refractivity contribution in [2.45, 2.75) is 39.5 Å². The second kappa shape index (κ2) is 4.98. The number of ketones is 1. The second-order valence-electron chi connectivity index (χ2n) is 7.07. The molecule has 0 saturated carbocycles. The van der Waals surface area contributed by atoms with Crippen molar-refractivity contribution in [3.63, 3.8) is 0 Å². The van der Waals surface area contributed by atoms with Crippen molar-refractivity contribution in [3.8, 4) is 6.07 Å². The van der Waals surface area contributed by atoms with E-state index in [-0.39, 0.29) is 22.7 Å². The molecule has 1 aromatic heterocycles. The Hall–Kier alpha value is -2.55. The highest BCUT2D eigenvalue weighted by atomic mass is 16.5. The number of nitriles is 1. The minimum Gasteiger partial charge on any atom is -0.444 e. The topological polar surface area (TPSA) is 93.9 Å². The van der Waals surface area contributed by atoms with E-state index in [1.165, 1.54) is 0 Å². The van der Waals surface area contributed by atoms with Gasteiger partial charge in [0.2, 0.25) is 5.88 Å². The number of hydrogen-bond acceptors (Lipinski definition) is 5. The predicted octanol–water partition coefficient (Wildman–Crippen LogP) is 2.18. The maximum atomic E-state index is 12.8. The Morgan fingerprint density at radius 3 is 2.74 bits per heavy atom. The fourth-order valence-electron chi connectivity index (χ4n) is 3.47. The van der Waals surface area contributed by atoms with Gasteiger partial charge in [0, 0.05) is 31.7 Å². The molecule has 0 saturated heterocycles. The van der Waals surface area contributed by atoms with Crippen molar-refractivity contribution < 1.29 is 9.53 Å². The molecule has 1 aromatic rings. The van der Waals surface area contributed by atoms with E-state index in [2.05, 4.69) is 11.2 Å². The van der Waals surface area contributed by atoms with Gasteiger partial charge in [0.05, 0.1) is 11.6 Å². The predicted molar refractivity (Wildman–Crippen MR) is 83.6 cm³/mol. The van der Waals surface area contributed by atoms with Crippen LogP contribution in [-0.2, 0) is 16.6 Å². The third-order valence-electron chi connectivity index (χ3n) is 4.40. The third kappa shape index (κ3) is 2.42. The minimum absolute atomic E-state index is 0.00607. The van der Waals surface area contributed by atoms with E-state index >= 15 is 0 Å². The lowest BCUT2D eigenvalue weighted by Crippen LogP contribution is -2.33. The molecule has 6 nitrogen and oxygen atoms in total. The van der Waals surface area contributed by atoms with Gasteiger partial charge in [-0.25, -0.2) is 0 Å². The Balaban J connectivity index is 2.22. The molecule has 1 aliphatic heterocycles. The Bertz CT molecular complexity index is 805. The number of nitrogens with zero attached hydrogens (tertiary/aromatic N) is 3. The molecule has 120 valence electrons. The monoisotopic (exact) mass is 312 g/mol. The van der Waals surface area contributed by atoms with Crippen LogP contribution in [0.5, 0.6) is 0 Å². The number of carbonyl (C=O) groups excluding carboxylic acids is 1. The zero-order chi connectivity index (χ0) is 16.9. The van der Waals surface area contributed by atoms with Gasteiger partial charge in [-0.2, -0.15) is 10.4 Å². The van der Waals surface area contributed by atoms with Gasteiger partial charge in [-0.3, -0.25) is 9.48 Å². The molecule has 0 aromatic carbocycles. The van der Waals surface area contributed by atoms with Gasteiger partial charge in [-0.05, 0) is 17.9 Å². The highest BCUT2D eigenvalue weighted by molar-refractivity contribution is 6.00. The average molecular weight is 312 g/mol. The summed E-state index contributed by atoms with van der Waals surface area (Å²) in [5.74, 6) is 0.129. The molecule has 2 N–H and O–H groups in total. The summed E-state index contributed by atoms with van der Waals surface area (Å²) in [4.78, 5) is 12.8. The standard InChI is InChI=1S/C17H20N4O2/c1-9-8-21(4)20-15(9)13-10(7-18)16(19)23-12-6-17(2,3)5-11(22)14(12)13/h8,13H,5-6,19H2,1-4H3/t13-/m1/s1. The van der Waals surface area contributed by atoms with Gasteiger partial charge in [0.1, 0.15) is 17.4 Å². The van der Waals surface area contributed by atoms with Gasteiger partial charge in [0.25, 0.3) is 0 Å². The highest BCUT2D eigenvalue weighted by Gasteiger charge is 2.44. The molecule has 0 unspecified atom stereocenters. The van der Waals surface area contributed by atoms with Crippen molar-refractivity contribution in [1.29, 1.82) is 5.26 Å². The summed E-state index contributed by atoms with van der Waals surface area (Å²) in [5, 5.41) is 14.0. The van der Waals surface area contributed by atoms with E-state index in [4.69, 9.17) is 10.5 Å². The Morgan fingerprint density at radius 1 is 1.48 bits per heavy atom. The number of allylic oxidation sites excluding steroid dienone is 3. The minimum atomic E-state index is -0.534. The van der Waals surface area contributed by atoms with E-state index < -0.39 is 5.92 Å². The molecule has 0 fully saturated rings. The van der Waals surface area contributed by atoms with Gasteiger partial charge in [0.15, 0.2) is 5.78 Å². The summed E-state index contributed by atoms with van der Waals surface area (Å²) in [6.45, 7) is 5.97. The summed E-state index contributed by atoms with van der Waals surface area (Å²) in [6.07, 6.45) is 2.92. The van der Waals surface area contributed by atoms with Crippen molar-refractivity contribution >= 4 is 5.78 Å². The van der Waals surface area contributed by atoms with Crippen molar-refractivity contribution in [2.24, 2.45) is 18.2 Å². The quantitative estimate of drug-likeness (QED) is 0.857. The van der Waals surface area contributed by atoms with Gasteiger partial charge in [-0.1, -0.05) is 13.8 Å². The molecule has 0 spiro atoms. The lowest BCUT2D eigenvalue weighted by atomic mass is 9.71. The fraction of sp³-hybridized carbons (Fsp3) is 0.471. The lowest BCUT2D eigenvalue weighted by molar-refractivity contribution is -0.119. The van der Waals surface area contributed by atoms with Crippen LogP contribution in [0, 0.1) is 23.7 Å². The Kier molecular flexibility index (Phi) is 3.33. The van der Waals surface area contributed by atoms with E-state index in [1.807, 2.05) is 34.0 Å². The van der Waals surface area contributed by atoms with Crippen molar-refractivity contribution in [1.82, 2.24) is 9.78 Å². The first-order valence-corrected chi connectivity index (χ1v) is 7.57. The summed E-state index contributed by atoms with van der Waals surface area (Å²) in [7, 11) is 1.82. The molecule has 2 aliphatic rings. The highest BCUT2D eigenvalue weighted by Crippen LogP contribution is 2.47. The van der Waals surface area contributed by atoms with Crippen molar-refractivity contribution in [3.05, 3.63) is 40.2 Å². The van der Waals surface area contributed by atoms with Crippen LogP contribution in [0.4, 0.5) is 0 Å². The van der Waals surface area contributed by atoms with E-state index in [9.17, 15) is 10.1 Å². The largest absolute Gasteiger partial charge is 0.444 e. The van der Waals surface area contributed by atoms with E-state index in [0.717, 1.165) is 5.56 Å². The SMILES string of the molecule is Cc1cn(C)nc1[C@@H]1C(C#N)=C(N)OC2=C1C(=O)CC(C)(C)C2. The first kappa shape index (κ1) is 15.3.